The number of primary amides is 1. The number of nitrogens with one attached hydrogen (secondary N) is 1. The summed E-state index contributed by atoms with van der Waals surface area (Å²) in [5.74, 6) is -6.67. The number of amides is 1. The standard InChI is InChI=1S/C30H35N5O7/c1-34(2)19-11-16(13-33-12-14-5-7-32-8-6-14)24(36)21-17(19)9-15-10-18-23(35(3)4)26(38)22(29(31)41)28(40)30(18,42)27(39)20(15)25(21)37/h5-8,11,15,18,23,33,36,38-39,42H,9-10,12-13H2,1-4H3,(H2,31,41)/t15-,18-,23-,30-/m0/s1. The Morgan fingerprint density at radius 1 is 1.12 bits per heavy atom. The van der Waals surface area contributed by atoms with Crippen molar-refractivity contribution >= 4 is 23.2 Å². The van der Waals surface area contributed by atoms with E-state index in [1.54, 1.807) is 26.5 Å². The van der Waals surface area contributed by atoms with Gasteiger partial charge in [0.1, 0.15) is 22.8 Å². The lowest BCUT2D eigenvalue weighted by atomic mass is 9.58. The van der Waals surface area contributed by atoms with Crippen molar-refractivity contribution in [3.63, 3.8) is 0 Å². The second kappa shape index (κ2) is 10.5. The van der Waals surface area contributed by atoms with E-state index in [0.29, 0.717) is 23.4 Å². The van der Waals surface area contributed by atoms with Crippen LogP contribution < -0.4 is 16.0 Å². The molecule has 42 heavy (non-hydrogen) atoms. The van der Waals surface area contributed by atoms with Gasteiger partial charge in [-0.15, -0.1) is 0 Å². The number of aliphatic hydroxyl groups excluding tert-OH is 2. The molecule has 7 N–H and O–H groups in total. The Kier molecular flexibility index (Phi) is 7.34. The third-order valence-corrected chi connectivity index (χ3v) is 8.65. The molecule has 0 saturated heterocycles. The number of ketones is 2. The SMILES string of the molecule is CN(C)c1cc(CNCc2ccncc2)c(O)c2c1C[C@H]1C[C@H]3[C@H](N(C)C)C(O)=C(C(N)=O)C(=O)[C@@]3(O)C(O)=C1C2=O. The predicted molar refractivity (Wildman–Crippen MR) is 153 cm³/mol. The molecular weight excluding hydrogens is 542 g/mol. The number of Topliss-reactive ketones (excluding diaryl/α,β-unsaturated/α-hetero) is 2. The van der Waals surface area contributed by atoms with E-state index >= 15 is 0 Å². The van der Waals surface area contributed by atoms with Crippen LogP contribution in [0.15, 0.2) is 53.3 Å². The number of fused-ring (bicyclic) bond motifs is 3. The van der Waals surface area contributed by atoms with E-state index in [0.717, 1.165) is 5.56 Å². The van der Waals surface area contributed by atoms with Crippen LogP contribution in [0.1, 0.15) is 33.5 Å². The van der Waals surface area contributed by atoms with Crippen LogP contribution in [0.2, 0.25) is 0 Å². The molecule has 1 amide bonds. The maximum absolute atomic E-state index is 14.1. The van der Waals surface area contributed by atoms with Crippen LogP contribution in [0.4, 0.5) is 5.69 Å². The number of carbonyl (C=O) groups excluding carboxylic acids is 3. The van der Waals surface area contributed by atoms with E-state index in [4.69, 9.17) is 5.73 Å². The van der Waals surface area contributed by atoms with Crippen molar-refractivity contribution < 1.29 is 34.8 Å². The zero-order chi connectivity index (χ0) is 30.7. The summed E-state index contributed by atoms with van der Waals surface area (Å²) in [4.78, 5) is 47.1. The number of hydrogen-bond acceptors (Lipinski definition) is 11. The predicted octanol–water partition coefficient (Wildman–Crippen LogP) is 0.871. The number of carbonyl (C=O) groups is 3. The molecule has 1 aromatic carbocycles. The van der Waals surface area contributed by atoms with Gasteiger partial charge >= 0.3 is 0 Å². The van der Waals surface area contributed by atoms with Crippen LogP contribution in [0.5, 0.6) is 5.75 Å². The van der Waals surface area contributed by atoms with E-state index in [-0.39, 0.29) is 36.3 Å². The summed E-state index contributed by atoms with van der Waals surface area (Å²) in [5.41, 5.74) is 4.43. The molecule has 1 heterocycles. The van der Waals surface area contributed by atoms with E-state index in [1.807, 2.05) is 37.2 Å². The number of phenols is 1. The van der Waals surface area contributed by atoms with Gasteiger partial charge in [0.25, 0.3) is 5.91 Å². The van der Waals surface area contributed by atoms with Crippen molar-refractivity contribution in [2.75, 3.05) is 33.1 Å². The summed E-state index contributed by atoms with van der Waals surface area (Å²) in [5, 5.41) is 48.9. The molecule has 4 atom stereocenters. The first kappa shape index (κ1) is 29.2. The van der Waals surface area contributed by atoms with Gasteiger partial charge < -0.3 is 36.4 Å². The largest absolute Gasteiger partial charge is 0.510 e. The Morgan fingerprint density at radius 3 is 2.38 bits per heavy atom. The highest BCUT2D eigenvalue weighted by Crippen LogP contribution is 2.53. The Balaban J connectivity index is 1.61. The van der Waals surface area contributed by atoms with Crippen molar-refractivity contribution in [2.45, 2.75) is 37.6 Å². The number of benzene rings is 1. The average Bonchev–Trinajstić information content (AvgIpc) is 2.92. The average molecular weight is 578 g/mol. The number of hydrogen-bond donors (Lipinski definition) is 6. The second-order valence-electron chi connectivity index (χ2n) is 11.6. The molecule has 3 aliphatic rings. The minimum absolute atomic E-state index is 0.0114. The topological polar surface area (TPSA) is 190 Å². The van der Waals surface area contributed by atoms with Crippen molar-refractivity contribution in [2.24, 2.45) is 17.6 Å². The number of allylic oxidation sites excluding steroid dienone is 1. The van der Waals surface area contributed by atoms with Crippen molar-refractivity contribution in [3.8, 4) is 5.75 Å². The van der Waals surface area contributed by atoms with E-state index < -0.39 is 58.0 Å². The Labute approximate surface area is 242 Å². The van der Waals surface area contributed by atoms with Gasteiger partial charge in [0.2, 0.25) is 5.78 Å². The van der Waals surface area contributed by atoms with E-state index in [1.165, 1.54) is 4.90 Å². The Hall–Kier alpha value is -4.26. The van der Waals surface area contributed by atoms with Gasteiger partial charge in [-0.25, -0.2) is 0 Å². The normalized spacial score (nSPS) is 25.3. The molecule has 222 valence electrons. The number of nitrogens with two attached hydrogens (primary N) is 1. The number of anilines is 1. The summed E-state index contributed by atoms with van der Waals surface area (Å²) in [6, 6.07) is 4.49. The van der Waals surface area contributed by atoms with Gasteiger partial charge in [-0.05, 0) is 62.2 Å². The Morgan fingerprint density at radius 2 is 1.79 bits per heavy atom. The molecule has 12 nitrogen and oxygen atoms in total. The minimum atomic E-state index is -2.67. The van der Waals surface area contributed by atoms with Gasteiger partial charge in [0.15, 0.2) is 11.4 Å². The summed E-state index contributed by atoms with van der Waals surface area (Å²) >= 11 is 0. The van der Waals surface area contributed by atoms with E-state index in [2.05, 4.69) is 10.3 Å². The first-order chi connectivity index (χ1) is 19.8. The van der Waals surface area contributed by atoms with Crippen LogP contribution in [0.25, 0.3) is 0 Å². The molecule has 0 saturated carbocycles. The monoisotopic (exact) mass is 577 g/mol. The molecule has 0 aliphatic heterocycles. The summed E-state index contributed by atoms with van der Waals surface area (Å²) in [6.45, 7) is 0.718. The molecule has 0 bridgehead atoms. The van der Waals surface area contributed by atoms with Gasteiger partial charge in [-0.2, -0.15) is 0 Å². The lowest BCUT2D eigenvalue weighted by Crippen LogP contribution is -2.63. The molecule has 12 heteroatoms. The third-order valence-electron chi connectivity index (χ3n) is 8.65. The van der Waals surface area contributed by atoms with E-state index in [9.17, 15) is 34.8 Å². The zero-order valence-corrected chi connectivity index (χ0v) is 23.9. The molecule has 5 rings (SSSR count). The Bertz CT molecular complexity index is 1550. The number of aromatic hydroxyl groups is 1. The molecule has 0 fully saturated rings. The highest BCUT2D eigenvalue weighted by atomic mass is 16.3. The summed E-state index contributed by atoms with van der Waals surface area (Å²) < 4.78 is 0. The van der Waals surface area contributed by atoms with Gasteiger partial charge in [-0.3, -0.25) is 24.3 Å². The number of rotatable bonds is 7. The summed E-state index contributed by atoms with van der Waals surface area (Å²) in [7, 11) is 6.84. The first-order valence-electron chi connectivity index (χ1n) is 13.6. The number of aliphatic hydroxyl groups is 3. The highest BCUT2D eigenvalue weighted by Gasteiger charge is 2.63. The molecular formula is C30H35N5O7. The summed E-state index contributed by atoms with van der Waals surface area (Å²) in [6.07, 6.45) is 3.61. The number of pyridine rings is 1. The lowest BCUT2D eigenvalue weighted by molar-refractivity contribution is -0.148. The molecule has 2 aromatic rings. The fraction of sp³-hybridized carbons (Fsp3) is 0.400. The van der Waals surface area contributed by atoms with Gasteiger partial charge in [0, 0.05) is 62.3 Å². The van der Waals surface area contributed by atoms with Crippen LogP contribution in [-0.4, -0.2) is 87.6 Å². The smallest absolute Gasteiger partial charge is 0.255 e. The van der Waals surface area contributed by atoms with Gasteiger partial charge in [0.05, 0.1) is 11.6 Å². The van der Waals surface area contributed by atoms with Crippen molar-refractivity contribution in [1.29, 1.82) is 0 Å². The van der Waals surface area contributed by atoms with Crippen LogP contribution in [0.3, 0.4) is 0 Å². The number of phenolic OH excluding ortho intramolecular Hbond substituents is 1. The lowest BCUT2D eigenvalue weighted by Gasteiger charge is -2.50. The zero-order valence-electron chi connectivity index (χ0n) is 23.9. The molecule has 0 radical (unpaired) electrons. The molecule has 0 spiro atoms. The van der Waals surface area contributed by atoms with Crippen LogP contribution >= 0.6 is 0 Å². The van der Waals surface area contributed by atoms with Crippen LogP contribution in [0, 0.1) is 11.8 Å². The number of aromatic nitrogens is 1. The molecule has 0 unspecified atom stereocenters. The van der Waals surface area contributed by atoms with Crippen molar-refractivity contribution in [3.05, 3.63) is 75.5 Å². The number of likely N-dealkylation sites (N-methyl/N-ethyl adjacent to an activating group) is 1. The highest BCUT2D eigenvalue weighted by molar-refractivity contribution is 6.25. The first-order valence-corrected chi connectivity index (χ1v) is 13.6. The molecule has 3 aliphatic carbocycles. The second-order valence-corrected chi connectivity index (χ2v) is 11.6. The third kappa shape index (κ3) is 4.34. The maximum atomic E-state index is 14.1. The number of nitrogens with zero attached hydrogens (tertiary/aromatic N) is 3. The van der Waals surface area contributed by atoms with Gasteiger partial charge in [-0.1, -0.05) is 0 Å². The van der Waals surface area contributed by atoms with Crippen molar-refractivity contribution in [1.82, 2.24) is 15.2 Å². The minimum Gasteiger partial charge on any atom is -0.510 e. The quantitative estimate of drug-likeness (QED) is 0.256. The molecule has 1 aromatic heterocycles. The fourth-order valence-electron chi connectivity index (χ4n) is 6.73. The van der Waals surface area contributed by atoms with Crippen LogP contribution in [-0.2, 0) is 29.1 Å². The maximum Gasteiger partial charge on any atom is 0.255 e. The fourth-order valence-corrected chi connectivity index (χ4v) is 6.73.